The first kappa shape index (κ1) is 19.4. The van der Waals surface area contributed by atoms with Gasteiger partial charge in [0.2, 0.25) is 0 Å². The van der Waals surface area contributed by atoms with Crippen molar-refractivity contribution in [1.29, 1.82) is 0 Å². The molecule has 0 bridgehead atoms. The summed E-state index contributed by atoms with van der Waals surface area (Å²) in [6.07, 6.45) is 2.85. The number of hydrogen-bond donors (Lipinski definition) is 0. The van der Waals surface area contributed by atoms with Crippen LogP contribution in [0, 0.1) is 0 Å². The van der Waals surface area contributed by atoms with Crippen molar-refractivity contribution < 1.29 is 4.79 Å². The molecule has 0 unspecified atom stereocenters. The number of rotatable bonds is 8. The van der Waals surface area contributed by atoms with Crippen LogP contribution < -0.4 is 5.56 Å². The Hall–Kier alpha value is -2.40. The quantitative estimate of drug-likeness (QED) is 0.322. The molecule has 0 aliphatic carbocycles. The van der Waals surface area contributed by atoms with Crippen molar-refractivity contribution in [3.05, 3.63) is 70.0 Å². The number of thioether (sulfide) groups is 1. The molecule has 2 aromatic carbocycles. The fourth-order valence-electron chi connectivity index (χ4n) is 2.91. The molecule has 1 heterocycles. The molecule has 0 aliphatic heterocycles. The van der Waals surface area contributed by atoms with Crippen LogP contribution in [0.4, 0.5) is 0 Å². The van der Waals surface area contributed by atoms with Crippen molar-refractivity contribution in [3.8, 4) is 0 Å². The third-order valence-electron chi connectivity index (χ3n) is 4.58. The largest absolute Gasteiger partial charge is 0.293 e. The highest BCUT2D eigenvalue weighted by Crippen LogP contribution is 2.20. The number of fused-ring (bicyclic) bond motifs is 1. The Labute approximate surface area is 163 Å². The highest BCUT2D eigenvalue weighted by Gasteiger charge is 2.14. The number of nitrogens with zero attached hydrogens (tertiary/aromatic N) is 2. The highest BCUT2D eigenvalue weighted by atomic mass is 32.2. The Kier molecular flexibility index (Phi) is 6.45. The van der Waals surface area contributed by atoms with Crippen LogP contribution in [0.5, 0.6) is 0 Å². The summed E-state index contributed by atoms with van der Waals surface area (Å²) in [5.41, 5.74) is 2.56. The third-order valence-corrected chi connectivity index (χ3v) is 5.55. The van der Waals surface area contributed by atoms with Gasteiger partial charge in [-0.1, -0.05) is 68.4 Å². The maximum absolute atomic E-state index is 12.9. The van der Waals surface area contributed by atoms with E-state index in [1.807, 2.05) is 48.5 Å². The molecule has 0 radical (unpaired) electrons. The van der Waals surface area contributed by atoms with E-state index in [1.165, 1.54) is 17.3 Å². The molecule has 0 spiro atoms. The second-order valence-corrected chi connectivity index (χ2v) is 7.43. The third kappa shape index (κ3) is 4.48. The van der Waals surface area contributed by atoms with E-state index in [9.17, 15) is 9.59 Å². The maximum Gasteiger partial charge on any atom is 0.262 e. The fraction of sp³-hybridized carbons (Fsp3) is 0.318. The Morgan fingerprint density at radius 1 is 1.07 bits per heavy atom. The van der Waals surface area contributed by atoms with E-state index in [2.05, 4.69) is 18.8 Å². The van der Waals surface area contributed by atoms with Gasteiger partial charge in [0.15, 0.2) is 10.9 Å². The SMILES string of the molecule is CCCCn1c(SCC(=O)c2ccc(CC)cc2)nc2ccccc2c1=O. The topological polar surface area (TPSA) is 52.0 Å². The minimum Gasteiger partial charge on any atom is -0.293 e. The first-order valence-electron chi connectivity index (χ1n) is 9.38. The lowest BCUT2D eigenvalue weighted by molar-refractivity contribution is 0.102. The van der Waals surface area contributed by atoms with Gasteiger partial charge in [-0.2, -0.15) is 0 Å². The van der Waals surface area contributed by atoms with Gasteiger partial charge in [-0.05, 0) is 30.5 Å². The molecule has 3 aromatic rings. The molecule has 0 atom stereocenters. The smallest absolute Gasteiger partial charge is 0.262 e. The minimum atomic E-state index is -0.0312. The molecule has 0 saturated heterocycles. The van der Waals surface area contributed by atoms with Gasteiger partial charge in [0.25, 0.3) is 5.56 Å². The van der Waals surface area contributed by atoms with E-state index < -0.39 is 0 Å². The molecule has 1 aromatic heterocycles. The van der Waals surface area contributed by atoms with Crippen molar-refractivity contribution in [3.63, 3.8) is 0 Å². The zero-order chi connectivity index (χ0) is 19.2. The van der Waals surface area contributed by atoms with Gasteiger partial charge in [-0.3, -0.25) is 14.2 Å². The lowest BCUT2D eigenvalue weighted by Crippen LogP contribution is -2.24. The average Bonchev–Trinajstić information content (AvgIpc) is 2.71. The molecule has 0 saturated carbocycles. The number of Topliss-reactive ketones (excluding diaryl/α,β-unsaturated/α-hetero) is 1. The highest BCUT2D eigenvalue weighted by molar-refractivity contribution is 7.99. The molecule has 27 heavy (non-hydrogen) atoms. The molecule has 0 N–H and O–H groups in total. The number of aromatic nitrogens is 2. The van der Waals surface area contributed by atoms with Crippen LogP contribution in [0.1, 0.15) is 42.6 Å². The standard InChI is InChI=1S/C22H24N2O2S/c1-3-5-14-24-21(26)18-8-6-7-9-19(18)23-22(24)27-15-20(25)17-12-10-16(4-2)11-13-17/h6-13H,3-5,14-15H2,1-2H3. The van der Waals surface area contributed by atoms with E-state index >= 15 is 0 Å². The summed E-state index contributed by atoms with van der Waals surface area (Å²) < 4.78 is 1.71. The van der Waals surface area contributed by atoms with Crippen LogP contribution in [0.15, 0.2) is 58.5 Å². The first-order valence-corrected chi connectivity index (χ1v) is 10.4. The van der Waals surface area contributed by atoms with Crippen LogP contribution in [-0.2, 0) is 13.0 Å². The zero-order valence-electron chi connectivity index (χ0n) is 15.8. The summed E-state index contributed by atoms with van der Waals surface area (Å²) in [6, 6.07) is 15.1. The van der Waals surface area contributed by atoms with Crippen molar-refractivity contribution in [2.24, 2.45) is 0 Å². The predicted molar refractivity (Wildman–Crippen MR) is 112 cm³/mol. The Morgan fingerprint density at radius 3 is 2.52 bits per heavy atom. The fourth-order valence-corrected chi connectivity index (χ4v) is 3.83. The van der Waals surface area contributed by atoms with Crippen molar-refractivity contribution in [2.45, 2.75) is 44.8 Å². The predicted octanol–water partition coefficient (Wildman–Crippen LogP) is 4.73. The molecular weight excluding hydrogens is 356 g/mol. The van der Waals surface area contributed by atoms with E-state index in [1.54, 1.807) is 4.57 Å². The van der Waals surface area contributed by atoms with Gasteiger partial charge in [-0.25, -0.2) is 4.98 Å². The average molecular weight is 381 g/mol. The molecule has 140 valence electrons. The van der Waals surface area contributed by atoms with Crippen LogP contribution >= 0.6 is 11.8 Å². The number of para-hydroxylation sites is 1. The van der Waals surface area contributed by atoms with Gasteiger partial charge in [-0.15, -0.1) is 0 Å². The summed E-state index contributed by atoms with van der Waals surface area (Å²) in [5, 5.41) is 1.24. The van der Waals surface area contributed by atoms with Crippen molar-refractivity contribution >= 4 is 28.4 Å². The summed E-state index contributed by atoms with van der Waals surface area (Å²) in [6.45, 7) is 4.80. The van der Waals surface area contributed by atoms with Gasteiger partial charge >= 0.3 is 0 Å². The summed E-state index contributed by atoms with van der Waals surface area (Å²) in [4.78, 5) is 30.1. The van der Waals surface area contributed by atoms with Crippen LogP contribution in [0.2, 0.25) is 0 Å². The molecule has 5 heteroatoms. The number of unbranched alkanes of at least 4 members (excludes halogenated alkanes) is 1. The van der Waals surface area contributed by atoms with Gasteiger partial charge < -0.3 is 0 Å². The number of aryl methyl sites for hydroxylation is 1. The molecular formula is C22H24N2O2S. The second-order valence-electron chi connectivity index (χ2n) is 6.48. The maximum atomic E-state index is 12.9. The Balaban J connectivity index is 1.86. The van der Waals surface area contributed by atoms with Gasteiger partial charge in [0.1, 0.15) is 0 Å². The Bertz CT molecular complexity index is 993. The van der Waals surface area contributed by atoms with Gasteiger partial charge in [0, 0.05) is 12.1 Å². The number of benzene rings is 2. The molecule has 0 amide bonds. The lowest BCUT2D eigenvalue weighted by Gasteiger charge is -2.12. The van der Waals surface area contributed by atoms with E-state index in [0.29, 0.717) is 28.2 Å². The molecule has 0 fully saturated rings. The van der Waals surface area contributed by atoms with Crippen molar-refractivity contribution in [1.82, 2.24) is 9.55 Å². The summed E-state index contributed by atoms with van der Waals surface area (Å²) in [7, 11) is 0. The van der Waals surface area contributed by atoms with Gasteiger partial charge in [0.05, 0.1) is 16.7 Å². The summed E-state index contributed by atoms with van der Waals surface area (Å²) in [5.74, 6) is 0.314. The number of hydrogen-bond acceptors (Lipinski definition) is 4. The van der Waals surface area contributed by atoms with Crippen molar-refractivity contribution in [2.75, 3.05) is 5.75 Å². The van der Waals surface area contributed by atoms with Crippen LogP contribution in [0.25, 0.3) is 10.9 Å². The minimum absolute atomic E-state index is 0.0312. The van der Waals surface area contributed by atoms with Crippen LogP contribution in [0.3, 0.4) is 0 Å². The Morgan fingerprint density at radius 2 is 1.81 bits per heavy atom. The monoisotopic (exact) mass is 380 g/mol. The zero-order valence-corrected chi connectivity index (χ0v) is 16.6. The summed E-state index contributed by atoms with van der Waals surface area (Å²) >= 11 is 1.34. The number of carbonyl (C=O) groups is 1. The van der Waals surface area contributed by atoms with E-state index in [4.69, 9.17) is 0 Å². The lowest BCUT2D eigenvalue weighted by atomic mass is 10.1. The van der Waals surface area contributed by atoms with Crippen LogP contribution in [-0.4, -0.2) is 21.1 Å². The number of ketones is 1. The normalized spacial score (nSPS) is 11.0. The van der Waals surface area contributed by atoms with E-state index in [0.717, 1.165) is 19.3 Å². The molecule has 0 aliphatic rings. The first-order chi connectivity index (χ1) is 13.1. The second kappa shape index (κ2) is 9.00. The number of carbonyl (C=O) groups excluding carboxylic acids is 1. The van der Waals surface area contributed by atoms with E-state index in [-0.39, 0.29) is 17.1 Å². The molecule has 4 nitrogen and oxygen atoms in total. The molecule has 3 rings (SSSR count).